The lowest BCUT2D eigenvalue weighted by atomic mass is 10.1. The number of benzene rings is 1. The van der Waals surface area contributed by atoms with Gasteiger partial charge in [-0.15, -0.1) is 11.3 Å². The third-order valence-electron chi connectivity index (χ3n) is 3.77. The summed E-state index contributed by atoms with van der Waals surface area (Å²) in [7, 11) is 0. The Morgan fingerprint density at radius 2 is 2.24 bits per heavy atom. The molecular weight excluding hydrogens is 282 g/mol. The molecule has 0 aliphatic carbocycles. The molecule has 1 aromatic heterocycles. The maximum atomic E-state index is 12.0. The molecule has 0 bridgehead atoms. The Morgan fingerprint density at radius 3 is 2.90 bits per heavy atom. The predicted molar refractivity (Wildman–Crippen MR) is 86.6 cm³/mol. The molecule has 1 fully saturated rings. The van der Waals surface area contributed by atoms with Crippen LogP contribution >= 0.6 is 11.3 Å². The standard InChI is InChI=1S/C16H19N3OS/c1-2-11-5-7-12(8-6-11)14-10-21-16(18-14)19-15(20)13-4-3-9-17-13/h5-8,10,13,17H,2-4,9H2,1H3,(H,18,19,20). The summed E-state index contributed by atoms with van der Waals surface area (Å²) < 4.78 is 0. The monoisotopic (exact) mass is 301 g/mol. The van der Waals surface area contributed by atoms with Gasteiger partial charge in [0.2, 0.25) is 5.91 Å². The van der Waals surface area contributed by atoms with Crippen molar-refractivity contribution in [3.63, 3.8) is 0 Å². The van der Waals surface area contributed by atoms with Crippen LogP contribution in [0.2, 0.25) is 0 Å². The number of rotatable bonds is 4. The molecule has 1 unspecified atom stereocenters. The van der Waals surface area contributed by atoms with E-state index in [-0.39, 0.29) is 11.9 Å². The number of aryl methyl sites for hydroxylation is 1. The first kappa shape index (κ1) is 14.2. The van der Waals surface area contributed by atoms with E-state index in [0.717, 1.165) is 37.1 Å². The number of hydrogen-bond acceptors (Lipinski definition) is 4. The number of anilines is 1. The lowest BCUT2D eigenvalue weighted by Crippen LogP contribution is -2.35. The predicted octanol–water partition coefficient (Wildman–Crippen LogP) is 3.06. The van der Waals surface area contributed by atoms with Crippen molar-refractivity contribution in [1.29, 1.82) is 0 Å². The Labute approximate surface area is 128 Å². The zero-order valence-electron chi connectivity index (χ0n) is 12.1. The highest BCUT2D eigenvalue weighted by Gasteiger charge is 2.22. The normalized spacial score (nSPS) is 17.9. The van der Waals surface area contributed by atoms with Gasteiger partial charge in [-0.3, -0.25) is 4.79 Å². The minimum absolute atomic E-state index is 0.0229. The summed E-state index contributed by atoms with van der Waals surface area (Å²) >= 11 is 1.47. The first-order valence-electron chi connectivity index (χ1n) is 7.35. The molecule has 5 heteroatoms. The molecule has 1 saturated heterocycles. The summed E-state index contributed by atoms with van der Waals surface area (Å²) in [5.74, 6) is 0.0229. The molecule has 1 amide bonds. The van der Waals surface area contributed by atoms with Gasteiger partial charge in [0.15, 0.2) is 5.13 Å². The molecule has 0 spiro atoms. The molecule has 110 valence electrons. The van der Waals surface area contributed by atoms with Crippen molar-refractivity contribution in [2.24, 2.45) is 0 Å². The molecule has 2 aromatic rings. The molecular formula is C16H19N3OS. The van der Waals surface area contributed by atoms with Gasteiger partial charge in [0.05, 0.1) is 11.7 Å². The summed E-state index contributed by atoms with van der Waals surface area (Å²) in [6.07, 6.45) is 3.00. The smallest absolute Gasteiger partial charge is 0.243 e. The van der Waals surface area contributed by atoms with Gasteiger partial charge in [-0.1, -0.05) is 31.2 Å². The second-order valence-corrected chi connectivity index (χ2v) is 6.08. The van der Waals surface area contributed by atoms with E-state index in [2.05, 4.69) is 46.8 Å². The maximum absolute atomic E-state index is 12.0. The Hall–Kier alpha value is -1.72. The highest BCUT2D eigenvalue weighted by atomic mass is 32.1. The van der Waals surface area contributed by atoms with Crippen LogP contribution in [0, 0.1) is 0 Å². The van der Waals surface area contributed by atoms with E-state index >= 15 is 0 Å². The van der Waals surface area contributed by atoms with Gasteiger partial charge in [0, 0.05) is 10.9 Å². The van der Waals surface area contributed by atoms with Gasteiger partial charge in [-0.25, -0.2) is 4.98 Å². The van der Waals surface area contributed by atoms with Crippen LogP contribution in [-0.2, 0) is 11.2 Å². The van der Waals surface area contributed by atoms with E-state index < -0.39 is 0 Å². The molecule has 3 rings (SSSR count). The van der Waals surface area contributed by atoms with Crippen molar-refractivity contribution in [1.82, 2.24) is 10.3 Å². The van der Waals surface area contributed by atoms with Crippen LogP contribution < -0.4 is 10.6 Å². The number of carbonyl (C=O) groups is 1. The quantitative estimate of drug-likeness (QED) is 0.912. The number of carbonyl (C=O) groups excluding carboxylic acids is 1. The van der Waals surface area contributed by atoms with Crippen LogP contribution in [0.25, 0.3) is 11.3 Å². The summed E-state index contributed by atoms with van der Waals surface area (Å²) in [5.41, 5.74) is 3.31. The van der Waals surface area contributed by atoms with E-state index in [1.807, 2.05) is 5.38 Å². The Kier molecular flexibility index (Phi) is 4.31. The van der Waals surface area contributed by atoms with Gasteiger partial charge >= 0.3 is 0 Å². The molecule has 2 N–H and O–H groups in total. The van der Waals surface area contributed by atoms with Gasteiger partial charge < -0.3 is 10.6 Å². The Bertz CT molecular complexity index is 615. The highest BCUT2D eigenvalue weighted by Crippen LogP contribution is 2.25. The van der Waals surface area contributed by atoms with Crippen molar-refractivity contribution >= 4 is 22.4 Å². The summed E-state index contributed by atoms with van der Waals surface area (Å²) in [6, 6.07) is 8.34. The van der Waals surface area contributed by atoms with Gasteiger partial charge in [-0.05, 0) is 31.4 Å². The molecule has 1 aliphatic heterocycles. The molecule has 4 nitrogen and oxygen atoms in total. The minimum atomic E-state index is -0.0683. The fraction of sp³-hybridized carbons (Fsp3) is 0.375. The third kappa shape index (κ3) is 3.31. The molecule has 0 saturated carbocycles. The second kappa shape index (κ2) is 6.37. The number of hydrogen-bond donors (Lipinski definition) is 2. The van der Waals surface area contributed by atoms with Crippen molar-refractivity contribution in [2.75, 3.05) is 11.9 Å². The summed E-state index contributed by atoms with van der Waals surface area (Å²) in [4.78, 5) is 16.5. The van der Waals surface area contributed by atoms with E-state index in [1.54, 1.807) is 0 Å². The lowest BCUT2D eigenvalue weighted by Gasteiger charge is -2.08. The first-order chi connectivity index (χ1) is 10.3. The zero-order chi connectivity index (χ0) is 14.7. The van der Waals surface area contributed by atoms with Crippen LogP contribution in [0.1, 0.15) is 25.3 Å². The average molecular weight is 301 g/mol. The van der Waals surface area contributed by atoms with Crippen molar-refractivity contribution in [3.8, 4) is 11.3 Å². The lowest BCUT2D eigenvalue weighted by molar-refractivity contribution is -0.117. The fourth-order valence-corrected chi connectivity index (χ4v) is 3.20. The SMILES string of the molecule is CCc1ccc(-c2csc(NC(=O)C3CCCN3)n2)cc1. The Morgan fingerprint density at radius 1 is 1.43 bits per heavy atom. The van der Waals surface area contributed by atoms with Crippen LogP contribution in [0.15, 0.2) is 29.6 Å². The number of thiazole rings is 1. The number of amides is 1. The molecule has 1 atom stereocenters. The second-order valence-electron chi connectivity index (χ2n) is 5.23. The topological polar surface area (TPSA) is 54.0 Å². The van der Waals surface area contributed by atoms with Crippen LogP contribution in [0.3, 0.4) is 0 Å². The number of nitrogens with one attached hydrogen (secondary N) is 2. The average Bonchev–Trinajstić information content (AvgIpc) is 3.19. The Balaban J connectivity index is 1.68. The molecule has 1 aromatic carbocycles. The highest BCUT2D eigenvalue weighted by molar-refractivity contribution is 7.14. The fourth-order valence-electron chi connectivity index (χ4n) is 2.48. The van der Waals surface area contributed by atoms with Crippen molar-refractivity contribution in [2.45, 2.75) is 32.2 Å². The maximum Gasteiger partial charge on any atom is 0.243 e. The van der Waals surface area contributed by atoms with Crippen LogP contribution in [-0.4, -0.2) is 23.5 Å². The van der Waals surface area contributed by atoms with Gasteiger partial charge in [0.1, 0.15) is 0 Å². The first-order valence-corrected chi connectivity index (χ1v) is 8.23. The number of nitrogens with zero attached hydrogens (tertiary/aromatic N) is 1. The van der Waals surface area contributed by atoms with Gasteiger partial charge in [-0.2, -0.15) is 0 Å². The van der Waals surface area contributed by atoms with E-state index in [4.69, 9.17) is 0 Å². The van der Waals surface area contributed by atoms with Crippen LogP contribution in [0.4, 0.5) is 5.13 Å². The number of aromatic nitrogens is 1. The van der Waals surface area contributed by atoms with Crippen LogP contribution in [0.5, 0.6) is 0 Å². The largest absolute Gasteiger partial charge is 0.306 e. The molecule has 0 radical (unpaired) electrons. The summed E-state index contributed by atoms with van der Waals surface area (Å²) in [5, 5.41) is 8.75. The minimum Gasteiger partial charge on any atom is -0.306 e. The molecule has 21 heavy (non-hydrogen) atoms. The van der Waals surface area contributed by atoms with E-state index in [9.17, 15) is 4.79 Å². The zero-order valence-corrected chi connectivity index (χ0v) is 12.9. The summed E-state index contributed by atoms with van der Waals surface area (Å²) in [6.45, 7) is 3.06. The van der Waals surface area contributed by atoms with E-state index in [1.165, 1.54) is 16.9 Å². The third-order valence-corrected chi connectivity index (χ3v) is 4.53. The molecule has 2 heterocycles. The van der Waals surface area contributed by atoms with E-state index in [0.29, 0.717) is 5.13 Å². The molecule has 1 aliphatic rings. The van der Waals surface area contributed by atoms with Crippen molar-refractivity contribution in [3.05, 3.63) is 35.2 Å². The van der Waals surface area contributed by atoms with Gasteiger partial charge in [0.25, 0.3) is 0 Å². The van der Waals surface area contributed by atoms with Crippen molar-refractivity contribution < 1.29 is 4.79 Å².